The minimum absolute atomic E-state index is 0.270. The molecule has 2 amide bonds. The average molecular weight is 191 g/mol. The van der Waals surface area contributed by atoms with Crippen LogP contribution in [0, 0.1) is 0 Å². The summed E-state index contributed by atoms with van der Waals surface area (Å²) < 4.78 is 0. The summed E-state index contributed by atoms with van der Waals surface area (Å²) in [6, 6.07) is 8.06. The normalized spacial score (nSPS) is 9.21. The van der Waals surface area contributed by atoms with Gasteiger partial charge in [-0.3, -0.25) is 19.7 Å². The van der Waals surface area contributed by atoms with Gasteiger partial charge in [-0.05, 0) is 0 Å². The van der Waals surface area contributed by atoms with E-state index in [1.165, 1.54) is 19.1 Å². The predicted octanol–water partition coefficient (Wildman–Crippen LogP) is 0.532. The van der Waals surface area contributed by atoms with Gasteiger partial charge in [-0.2, -0.15) is 0 Å². The third-order valence-corrected chi connectivity index (χ3v) is 1.53. The molecule has 0 saturated carbocycles. The zero-order valence-electron chi connectivity index (χ0n) is 7.61. The van der Waals surface area contributed by atoms with Crippen LogP contribution in [-0.2, 0) is 9.59 Å². The first kappa shape index (κ1) is 10.1. The quantitative estimate of drug-likeness (QED) is 0.548. The van der Waals surface area contributed by atoms with Crippen molar-refractivity contribution in [1.29, 1.82) is 0 Å². The first-order chi connectivity index (χ1) is 6.61. The third-order valence-electron chi connectivity index (χ3n) is 1.53. The number of nitrogens with one attached hydrogen (secondary N) is 1. The van der Waals surface area contributed by atoms with Crippen LogP contribution in [0.15, 0.2) is 30.3 Å². The molecule has 0 saturated heterocycles. The fourth-order valence-corrected chi connectivity index (χ4v) is 0.937. The van der Waals surface area contributed by atoms with Gasteiger partial charge in [0.1, 0.15) is 0 Å². The summed E-state index contributed by atoms with van der Waals surface area (Å²) in [4.78, 5) is 32.9. The number of hydrogen-bond donors (Lipinski definition) is 1. The number of ketones is 1. The molecule has 1 aromatic rings. The van der Waals surface area contributed by atoms with Crippen LogP contribution in [0.5, 0.6) is 0 Å². The molecule has 0 atom stereocenters. The van der Waals surface area contributed by atoms with Gasteiger partial charge in [0.15, 0.2) is 0 Å². The highest BCUT2D eigenvalue weighted by molar-refractivity contribution is 6.44. The van der Waals surface area contributed by atoms with Crippen LogP contribution in [0.25, 0.3) is 0 Å². The molecule has 0 fully saturated rings. The molecule has 0 spiro atoms. The van der Waals surface area contributed by atoms with E-state index in [4.69, 9.17) is 0 Å². The first-order valence-electron chi connectivity index (χ1n) is 4.02. The number of hydrogen-bond acceptors (Lipinski definition) is 3. The molecule has 1 aromatic carbocycles. The lowest BCUT2D eigenvalue weighted by Gasteiger charge is -1.99. The fraction of sp³-hybridized carbons (Fsp3) is 0.100. The van der Waals surface area contributed by atoms with Crippen molar-refractivity contribution in [2.75, 3.05) is 0 Å². The summed E-state index contributed by atoms with van der Waals surface area (Å²) in [6.45, 7) is 1.18. The summed E-state index contributed by atoms with van der Waals surface area (Å²) in [5, 5.41) is 1.91. The second-order valence-corrected chi connectivity index (χ2v) is 2.71. The van der Waals surface area contributed by atoms with E-state index in [0.29, 0.717) is 0 Å². The van der Waals surface area contributed by atoms with E-state index in [-0.39, 0.29) is 5.56 Å². The van der Waals surface area contributed by atoms with E-state index in [2.05, 4.69) is 0 Å². The van der Waals surface area contributed by atoms with Gasteiger partial charge < -0.3 is 0 Å². The number of amides is 2. The van der Waals surface area contributed by atoms with Crippen molar-refractivity contribution < 1.29 is 14.4 Å². The Bertz CT molecular complexity index is 370. The van der Waals surface area contributed by atoms with E-state index in [1.807, 2.05) is 5.32 Å². The van der Waals surface area contributed by atoms with E-state index < -0.39 is 17.6 Å². The molecule has 0 unspecified atom stereocenters. The third kappa shape index (κ3) is 2.52. The van der Waals surface area contributed by atoms with Gasteiger partial charge >= 0.3 is 0 Å². The molecule has 0 aliphatic rings. The molecule has 72 valence electrons. The van der Waals surface area contributed by atoms with Crippen molar-refractivity contribution in [3.05, 3.63) is 35.9 Å². The molecule has 1 N–H and O–H groups in total. The Labute approximate surface area is 80.9 Å². The topological polar surface area (TPSA) is 63.2 Å². The van der Waals surface area contributed by atoms with E-state index in [0.717, 1.165) is 0 Å². The van der Waals surface area contributed by atoms with Crippen LogP contribution in [0.4, 0.5) is 0 Å². The maximum Gasteiger partial charge on any atom is 0.298 e. The maximum atomic E-state index is 11.3. The molecule has 4 nitrogen and oxygen atoms in total. The van der Waals surface area contributed by atoms with Crippen molar-refractivity contribution in [3.8, 4) is 0 Å². The molecule has 1 rings (SSSR count). The van der Waals surface area contributed by atoms with E-state index >= 15 is 0 Å². The average Bonchev–Trinajstić information content (AvgIpc) is 2.17. The Morgan fingerprint density at radius 1 is 1.07 bits per heavy atom. The number of imide groups is 1. The molecule has 0 aliphatic heterocycles. The summed E-state index contributed by atoms with van der Waals surface area (Å²) >= 11 is 0. The van der Waals surface area contributed by atoms with Gasteiger partial charge in [-0.1, -0.05) is 30.3 Å². The molecule has 14 heavy (non-hydrogen) atoms. The number of carbonyl (C=O) groups excluding carboxylic acids is 3. The second-order valence-electron chi connectivity index (χ2n) is 2.71. The Morgan fingerprint density at radius 3 is 2.14 bits per heavy atom. The van der Waals surface area contributed by atoms with Crippen LogP contribution in [0.1, 0.15) is 17.3 Å². The Balaban J connectivity index is 2.76. The lowest BCUT2D eigenvalue weighted by molar-refractivity contribution is -0.126. The Hall–Kier alpha value is -1.97. The Morgan fingerprint density at radius 2 is 1.64 bits per heavy atom. The van der Waals surface area contributed by atoms with Gasteiger partial charge in [0.25, 0.3) is 11.7 Å². The molecule has 0 bridgehead atoms. The lowest BCUT2D eigenvalue weighted by Crippen LogP contribution is -2.34. The largest absolute Gasteiger partial charge is 0.298 e. The smallest absolute Gasteiger partial charge is 0.290 e. The molecule has 0 aliphatic carbocycles. The van der Waals surface area contributed by atoms with E-state index in [1.54, 1.807) is 18.2 Å². The highest BCUT2D eigenvalue weighted by Gasteiger charge is 2.16. The molecule has 0 radical (unpaired) electrons. The number of rotatable bonds is 2. The van der Waals surface area contributed by atoms with Crippen molar-refractivity contribution in [2.45, 2.75) is 6.92 Å². The van der Waals surface area contributed by atoms with Crippen molar-refractivity contribution in [3.63, 3.8) is 0 Å². The van der Waals surface area contributed by atoms with Crippen LogP contribution < -0.4 is 5.32 Å². The summed E-state index contributed by atoms with van der Waals surface area (Å²) in [5.74, 6) is -2.15. The first-order valence-corrected chi connectivity index (χ1v) is 4.02. The van der Waals surface area contributed by atoms with Crippen molar-refractivity contribution >= 4 is 17.6 Å². The molecular weight excluding hydrogens is 182 g/mol. The van der Waals surface area contributed by atoms with E-state index in [9.17, 15) is 14.4 Å². The minimum atomic E-state index is -0.899. The highest BCUT2D eigenvalue weighted by atomic mass is 16.2. The van der Waals surface area contributed by atoms with Gasteiger partial charge in [0.2, 0.25) is 5.91 Å². The van der Waals surface area contributed by atoms with Crippen molar-refractivity contribution in [2.24, 2.45) is 0 Å². The minimum Gasteiger partial charge on any atom is -0.290 e. The summed E-state index contributed by atoms with van der Waals surface area (Å²) in [5.41, 5.74) is 0.270. The van der Waals surface area contributed by atoms with Gasteiger partial charge in [-0.25, -0.2) is 0 Å². The SMILES string of the molecule is CC(=O)NC(=O)C(=O)c1ccccc1. The molecule has 4 heteroatoms. The second kappa shape index (κ2) is 4.32. The predicted molar refractivity (Wildman–Crippen MR) is 49.6 cm³/mol. The zero-order valence-corrected chi connectivity index (χ0v) is 7.61. The maximum absolute atomic E-state index is 11.3. The number of benzene rings is 1. The Kier molecular flexibility index (Phi) is 3.12. The van der Waals surface area contributed by atoms with Crippen LogP contribution in [0.2, 0.25) is 0 Å². The van der Waals surface area contributed by atoms with Gasteiger partial charge in [-0.15, -0.1) is 0 Å². The number of carbonyl (C=O) groups is 3. The number of Topliss-reactive ketones (excluding diaryl/α,β-unsaturated/α-hetero) is 1. The van der Waals surface area contributed by atoms with Crippen LogP contribution >= 0.6 is 0 Å². The van der Waals surface area contributed by atoms with Gasteiger partial charge in [0.05, 0.1) is 0 Å². The van der Waals surface area contributed by atoms with Crippen LogP contribution in [-0.4, -0.2) is 17.6 Å². The highest BCUT2D eigenvalue weighted by Crippen LogP contribution is 1.99. The standard InChI is InChI=1S/C10H9NO3/c1-7(12)11-10(14)9(13)8-5-3-2-4-6-8/h2-6H,1H3,(H,11,12,14). The van der Waals surface area contributed by atoms with Crippen molar-refractivity contribution in [1.82, 2.24) is 5.32 Å². The van der Waals surface area contributed by atoms with Gasteiger partial charge in [0, 0.05) is 12.5 Å². The lowest BCUT2D eigenvalue weighted by atomic mass is 10.1. The van der Waals surface area contributed by atoms with Crippen LogP contribution in [0.3, 0.4) is 0 Å². The monoisotopic (exact) mass is 191 g/mol. The fourth-order valence-electron chi connectivity index (χ4n) is 0.937. The summed E-state index contributed by atoms with van der Waals surface area (Å²) in [7, 11) is 0. The molecule has 0 aromatic heterocycles. The summed E-state index contributed by atoms with van der Waals surface area (Å²) in [6.07, 6.45) is 0. The zero-order chi connectivity index (χ0) is 10.6. The molecule has 0 heterocycles. The molecular formula is C10H9NO3.